The lowest BCUT2D eigenvalue weighted by Crippen LogP contribution is -2.59. The zero-order valence-corrected chi connectivity index (χ0v) is 11.3. The smallest absolute Gasteiger partial charge is 0.0124 e. The van der Waals surface area contributed by atoms with Gasteiger partial charge in [0.1, 0.15) is 0 Å². The van der Waals surface area contributed by atoms with Crippen LogP contribution >= 0.6 is 0 Å². The molecule has 2 unspecified atom stereocenters. The van der Waals surface area contributed by atoms with Crippen LogP contribution in [0.2, 0.25) is 0 Å². The second-order valence-corrected chi connectivity index (χ2v) is 6.93. The van der Waals surface area contributed by atoms with E-state index in [1.807, 2.05) is 0 Å². The average Bonchev–Trinajstić information content (AvgIpc) is 2.87. The van der Waals surface area contributed by atoms with Gasteiger partial charge in [0.25, 0.3) is 0 Å². The van der Waals surface area contributed by atoms with Crippen LogP contribution in [-0.4, -0.2) is 17.6 Å². The molecule has 0 aliphatic heterocycles. The van der Waals surface area contributed by atoms with E-state index in [0.29, 0.717) is 5.41 Å². The van der Waals surface area contributed by atoms with Gasteiger partial charge in [-0.3, -0.25) is 0 Å². The molecule has 2 N–H and O–H groups in total. The largest absolute Gasteiger partial charge is 0.367 e. The molecule has 18 heavy (non-hydrogen) atoms. The van der Waals surface area contributed by atoms with E-state index in [1.54, 1.807) is 5.56 Å². The van der Waals surface area contributed by atoms with Crippen molar-refractivity contribution in [2.45, 2.75) is 50.5 Å². The fourth-order valence-corrected chi connectivity index (χ4v) is 5.60. The van der Waals surface area contributed by atoms with E-state index in [4.69, 9.17) is 0 Å². The van der Waals surface area contributed by atoms with Crippen LogP contribution in [-0.2, 0) is 5.41 Å². The van der Waals surface area contributed by atoms with E-state index in [-0.39, 0.29) is 0 Å². The Bertz CT molecular complexity index is 406. The fraction of sp³-hybridized carbons (Fsp3) is 0.750. The second kappa shape index (κ2) is 3.86. The van der Waals surface area contributed by atoms with E-state index >= 15 is 0 Å². The van der Waals surface area contributed by atoms with Gasteiger partial charge in [-0.1, -0.05) is 6.92 Å². The summed E-state index contributed by atoms with van der Waals surface area (Å²) in [4.78, 5) is 3.28. The molecule has 4 fully saturated rings. The van der Waals surface area contributed by atoms with Crippen LogP contribution in [0, 0.1) is 17.8 Å². The topological polar surface area (TPSA) is 27.8 Å². The number of nitrogens with one attached hydrogen (secondary N) is 2. The van der Waals surface area contributed by atoms with Crippen LogP contribution in [0.5, 0.6) is 0 Å². The quantitative estimate of drug-likeness (QED) is 0.840. The van der Waals surface area contributed by atoms with E-state index in [1.165, 1.54) is 32.1 Å². The Labute approximate surface area is 110 Å². The summed E-state index contributed by atoms with van der Waals surface area (Å²) in [6.45, 7) is 3.40. The Hall–Kier alpha value is -0.760. The van der Waals surface area contributed by atoms with Crippen molar-refractivity contribution >= 4 is 0 Å². The summed E-state index contributed by atoms with van der Waals surface area (Å²) in [6, 6.07) is 3.15. The molecule has 4 aliphatic rings. The predicted molar refractivity (Wildman–Crippen MR) is 73.5 cm³/mol. The molecule has 2 heteroatoms. The van der Waals surface area contributed by atoms with Gasteiger partial charge in [0.05, 0.1) is 0 Å². The highest BCUT2D eigenvalue weighted by molar-refractivity contribution is 5.28. The number of aromatic amines is 1. The summed E-state index contributed by atoms with van der Waals surface area (Å²) in [5.41, 5.74) is 2.12. The number of aromatic nitrogens is 1. The normalized spacial score (nSPS) is 45.6. The Morgan fingerprint density at radius 3 is 2.67 bits per heavy atom. The zero-order valence-electron chi connectivity index (χ0n) is 11.3. The number of H-pyrrole nitrogens is 1. The number of hydrogen-bond acceptors (Lipinski definition) is 1. The van der Waals surface area contributed by atoms with Gasteiger partial charge in [0.15, 0.2) is 0 Å². The van der Waals surface area contributed by atoms with Gasteiger partial charge in [0.2, 0.25) is 0 Å². The van der Waals surface area contributed by atoms with E-state index in [2.05, 4.69) is 35.7 Å². The molecule has 0 radical (unpaired) electrons. The standard InChI is InChI=1S/C16H24N2/c1-2-18-15-12-5-11-6-13(15)9-16(7-11,8-12)14-3-4-17-10-14/h3-4,10-13,15,17-18H,2,5-9H2,1H3. The monoisotopic (exact) mass is 244 g/mol. The van der Waals surface area contributed by atoms with Gasteiger partial charge in [0, 0.05) is 18.4 Å². The molecule has 0 spiro atoms. The summed E-state index contributed by atoms with van der Waals surface area (Å²) in [5.74, 6) is 2.88. The van der Waals surface area contributed by atoms with Crippen molar-refractivity contribution in [2.75, 3.05) is 6.54 Å². The molecule has 98 valence electrons. The van der Waals surface area contributed by atoms with Crippen molar-refractivity contribution in [1.29, 1.82) is 0 Å². The molecule has 0 amide bonds. The lowest BCUT2D eigenvalue weighted by atomic mass is 9.46. The molecule has 0 aromatic carbocycles. The molecule has 4 bridgehead atoms. The lowest BCUT2D eigenvalue weighted by Gasteiger charge is -2.60. The Morgan fingerprint density at radius 1 is 1.28 bits per heavy atom. The van der Waals surface area contributed by atoms with Gasteiger partial charge >= 0.3 is 0 Å². The third-order valence-corrected chi connectivity index (χ3v) is 5.92. The van der Waals surface area contributed by atoms with Crippen molar-refractivity contribution in [1.82, 2.24) is 10.3 Å². The summed E-state index contributed by atoms with van der Waals surface area (Å²) < 4.78 is 0. The third kappa shape index (κ3) is 1.45. The van der Waals surface area contributed by atoms with Crippen LogP contribution in [0.4, 0.5) is 0 Å². The maximum atomic E-state index is 3.78. The Morgan fingerprint density at radius 2 is 2.06 bits per heavy atom. The molecule has 4 aliphatic carbocycles. The highest BCUT2D eigenvalue weighted by Crippen LogP contribution is 2.60. The van der Waals surface area contributed by atoms with Crippen molar-refractivity contribution in [2.24, 2.45) is 17.8 Å². The van der Waals surface area contributed by atoms with Gasteiger partial charge in [-0.15, -0.1) is 0 Å². The molecular weight excluding hydrogens is 220 g/mol. The van der Waals surface area contributed by atoms with Crippen LogP contribution in [0.15, 0.2) is 18.5 Å². The number of rotatable bonds is 3. The van der Waals surface area contributed by atoms with Crippen molar-refractivity contribution in [3.05, 3.63) is 24.0 Å². The fourth-order valence-electron chi connectivity index (χ4n) is 5.60. The highest BCUT2D eigenvalue weighted by Gasteiger charge is 2.55. The predicted octanol–water partition coefficient (Wildman–Crippen LogP) is 3.07. The molecule has 2 atom stereocenters. The highest BCUT2D eigenvalue weighted by atomic mass is 14.9. The third-order valence-electron chi connectivity index (χ3n) is 5.92. The Kier molecular flexibility index (Phi) is 2.38. The zero-order chi connectivity index (χ0) is 12.2. The first-order valence-electron chi connectivity index (χ1n) is 7.67. The van der Waals surface area contributed by atoms with E-state index < -0.39 is 0 Å². The van der Waals surface area contributed by atoms with Crippen molar-refractivity contribution in [3.8, 4) is 0 Å². The summed E-state index contributed by atoms with van der Waals surface area (Å²) in [5, 5.41) is 3.78. The molecular formula is C16H24N2. The first kappa shape index (κ1) is 11.1. The molecule has 2 nitrogen and oxygen atoms in total. The van der Waals surface area contributed by atoms with Crippen LogP contribution in [0.3, 0.4) is 0 Å². The van der Waals surface area contributed by atoms with Crippen LogP contribution in [0.25, 0.3) is 0 Å². The molecule has 1 aromatic rings. The lowest BCUT2D eigenvalue weighted by molar-refractivity contribution is -0.0343. The SMILES string of the molecule is CCNC1C2CC3CC1CC(c1cc[nH]c1)(C3)C2. The van der Waals surface area contributed by atoms with Crippen LogP contribution < -0.4 is 5.32 Å². The molecule has 0 saturated heterocycles. The Balaban J connectivity index is 1.67. The average molecular weight is 244 g/mol. The van der Waals surface area contributed by atoms with Gasteiger partial charge < -0.3 is 10.3 Å². The van der Waals surface area contributed by atoms with Crippen LogP contribution in [0.1, 0.15) is 44.6 Å². The first-order valence-corrected chi connectivity index (χ1v) is 7.67. The van der Waals surface area contributed by atoms with Gasteiger partial charge in [-0.25, -0.2) is 0 Å². The molecule has 4 saturated carbocycles. The maximum absolute atomic E-state index is 3.78. The minimum absolute atomic E-state index is 0.530. The van der Waals surface area contributed by atoms with E-state index in [0.717, 1.165) is 30.3 Å². The molecule has 5 rings (SSSR count). The molecule has 1 aromatic heterocycles. The van der Waals surface area contributed by atoms with Gasteiger partial charge in [-0.2, -0.15) is 0 Å². The van der Waals surface area contributed by atoms with Crippen molar-refractivity contribution in [3.63, 3.8) is 0 Å². The summed E-state index contributed by atoms with van der Waals surface area (Å²) in [7, 11) is 0. The molecule has 1 heterocycles. The minimum Gasteiger partial charge on any atom is -0.367 e. The minimum atomic E-state index is 0.530. The summed E-state index contributed by atoms with van der Waals surface area (Å²) >= 11 is 0. The number of hydrogen-bond donors (Lipinski definition) is 2. The van der Waals surface area contributed by atoms with E-state index in [9.17, 15) is 0 Å². The van der Waals surface area contributed by atoms with Crippen molar-refractivity contribution < 1.29 is 0 Å². The summed E-state index contributed by atoms with van der Waals surface area (Å²) in [6.07, 6.45) is 11.6. The maximum Gasteiger partial charge on any atom is 0.0124 e. The second-order valence-electron chi connectivity index (χ2n) is 6.93. The first-order chi connectivity index (χ1) is 8.81. The van der Waals surface area contributed by atoms with Gasteiger partial charge in [-0.05, 0) is 73.4 Å².